The van der Waals surface area contributed by atoms with Crippen molar-refractivity contribution in [1.82, 2.24) is 5.32 Å². The number of aliphatic hydroxyl groups is 1. The second-order valence-corrected chi connectivity index (χ2v) is 7.25. The highest BCUT2D eigenvalue weighted by Gasteiger charge is 2.14. The lowest BCUT2D eigenvalue weighted by molar-refractivity contribution is -0.384. The lowest BCUT2D eigenvalue weighted by Crippen LogP contribution is -2.35. The Morgan fingerprint density at radius 2 is 1.74 bits per heavy atom. The van der Waals surface area contributed by atoms with E-state index >= 15 is 0 Å². The zero-order valence-electron chi connectivity index (χ0n) is 15.6. The predicted octanol–water partition coefficient (Wildman–Crippen LogP) is 3.06. The summed E-state index contributed by atoms with van der Waals surface area (Å²) in [7, 11) is 0. The molecule has 1 amide bonds. The summed E-state index contributed by atoms with van der Waals surface area (Å²) in [6, 6.07) is 12.9. The number of carbonyl (C=O) groups excluding carboxylic acids is 1. The number of nitrogens with one attached hydrogen (secondary N) is 1. The summed E-state index contributed by atoms with van der Waals surface area (Å²) in [5.41, 5.74) is 1.44. The van der Waals surface area contributed by atoms with Crippen molar-refractivity contribution in [3.63, 3.8) is 0 Å². The van der Waals surface area contributed by atoms with Crippen LogP contribution in [0.5, 0.6) is 5.75 Å². The zero-order chi connectivity index (χ0) is 20.0. The monoisotopic (exact) mass is 372 g/mol. The smallest absolute Gasteiger partial charge is 0.269 e. The number of nitro groups is 1. The molecule has 2 aromatic rings. The topological polar surface area (TPSA) is 102 Å². The van der Waals surface area contributed by atoms with Crippen molar-refractivity contribution in [2.24, 2.45) is 0 Å². The summed E-state index contributed by atoms with van der Waals surface area (Å²) in [6.45, 7) is 6.42. The van der Waals surface area contributed by atoms with Crippen LogP contribution >= 0.6 is 0 Å². The van der Waals surface area contributed by atoms with Crippen LogP contribution in [0.1, 0.15) is 36.7 Å². The van der Waals surface area contributed by atoms with Gasteiger partial charge in [0.1, 0.15) is 18.5 Å². The summed E-state index contributed by atoms with van der Waals surface area (Å²) in [5.74, 6) is 0.224. The molecule has 0 aliphatic carbocycles. The second-order valence-electron chi connectivity index (χ2n) is 7.25. The van der Waals surface area contributed by atoms with Crippen LogP contribution in [0.4, 0.5) is 5.69 Å². The summed E-state index contributed by atoms with van der Waals surface area (Å²) < 4.78 is 5.54. The number of rotatable bonds is 7. The molecule has 0 saturated heterocycles. The first kappa shape index (κ1) is 20.4. The van der Waals surface area contributed by atoms with E-state index in [9.17, 15) is 20.0 Å². The van der Waals surface area contributed by atoms with E-state index < -0.39 is 16.9 Å². The molecule has 7 nitrogen and oxygen atoms in total. The molecule has 0 fully saturated rings. The van der Waals surface area contributed by atoms with Gasteiger partial charge in [-0.2, -0.15) is 0 Å². The van der Waals surface area contributed by atoms with Crippen LogP contribution in [0.3, 0.4) is 0 Å². The number of aliphatic hydroxyl groups excluding tert-OH is 1. The molecule has 0 saturated carbocycles. The molecule has 7 heteroatoms. The van der Waals surface area contributed by atoms with Gasteiger partial charge in [0.25, 0.3) is 11.6 Å². The molecule has 1 unspecified atom stereocenters. The van der Waals surface area contributed by atoms with Crippen molar-refractivity contribution < 1.29 is 19.6 Å². The molecule has 0 aliphatic heterocycles. The fraction of sp³-hybridized carbons (Fsp3) is 0.350. The number of benzene rings is 2. The number of amides is 1. The molecule has 2 aromatic carbocycles. The SMILES string of the molecule is CC(C)(C)c1ccc(OCC(O)CNC(=O)c2ccc([N+](=O)[O-])cc2)cc1. The summed E-state index contributed by atoms with van der Waals surface area (Å²) in [5, 5.41) is 23.2. The maximum absolute atomic E-state index is 12.0. The fourth-order valence-corrected chi connectivity index (χ4v) is 2.35. The first-order valence-corrected chi connectivity index (χ1v) is 8.61. The van der Waals surface area contributed by atoms with Gasteiger partial charge < -0.3 is 15.2 Å². The van der Waals surface area contributed by atoms with Crippen molar-refractivity contribution in [3.05, 3.63) is 69.8 Å². The number of ether oxygens (including phenoxy) is 1. The molecule has 1 atom stereocenters. The lowest BCUT2D eigenvalue weighted by atomic mass is 9.87. The van der Waals surface area contributed by atoms with Gasteiger partial charge in [-0.25, -0.2) is 0 Å². The van der Waals surface area contributed by atoms with Crippen molar-refractivity contribution in [2.45, 2.75) is 32.3 Å². The van der Waals surface area contributed by atoms with E-state index in [1.165, 1.54) is 29.8 Å². The standard InChI is InChI=1S/C20H24N2O5/c1-20(2,3)15-6-10-18(11-7-15)27-13-17(23)12-21-19(24)14-4-8-16(9-5-14)22(25)26/h4-11,17,23H,12-13H2,1-3H3,(H,21,24). The average molecular weight is 372 g/mol. The summed E-state index contributed by atoms with van der Waals surface area (Å²) >= 11 is 0. The number of nitrogens with zero attached hydrogens (tertiary/aromatic N) is 1. The molecular formula is C20H24N2O5. The molecule has 27 heavy (non-hydrogen) atoms. The zero-order valence-corrected chi connectivity index (χ0v) is 15.6. The van der Waals surface area contributed by atoms with Crippen molar-refractivity contribution >= 4 is 11.6 Å². The molecule has 0 aromatic heterocycles. The third-order valence-electron chi connectivity index (χ3n) is 4.00. The summed E-state index contributed by atoms with van der Waals surface area (Å²) in [6.07, 6.45) is -0.880. The molecule has 0 heterocycles. The van der Waals surface area contributed by atoms with Crippen LogP contribution < -0.4 is 10.1 Å². The maximum atomic E-state index is 12.0. The Morgan fingerprint density at radius 1 is 1.15 bits per heavy atom. The van der Waals surface area contributed by atoms with E-state index in [0.29, 0.717) is 5.75 Å². The van der Waals surface area contributed by atoms with Crippen molar-refractivity contribution in [3.8, 4) is 5.75 Å². The van der Waals surface area contributed by atoms with Gasteiger partial charge in [-0.05, 0) is 35.2 Å². The Labute approximate surface area is 158 Å². The summed E-state index contributed by atoms with van der Waals surface area (Å²) in [4.78, 5) is 22.1. The van der Waals surface area contributed by atoms with Crippen molar-refractivity contribution in [2.75, 3.05) is 13.2 Å². The van der Waals surface area contributed by atoms with E-state index in [2.05, 4.69) is 26.1 Å². The number of hydrogen-bond acceptors (Lipinski definition) is 5. The van der Waals surface area contributed by atoms with Gasteiger partial charge in [0, 0.05) is 24.2 Å². The largest absolute Gasteiger partial charge is 0.491 e. The molecule has 2 rings (SSSR count). The Kier molecular flexibility index (Phi) is 6.52. The Bertz CT molecular complexity index is 780. The fourth-order valence-electron chi connectivity index (χ4n) is 2.35. The molecule has 144 valence electrons. The highest BCUT2D eigenvalue weighted by atomic mass is 16.6. The number of non-ortho nitro benzene ring substituents is 1. The van der Waals surface area contributed by atoms with Crippen LogP contribution in [0.15, 0.2) is 48.5 Å². The number of nitro benzene ring substituents is 1. The van der Waals surface area contributed by atoms with Crippen LogP contribution in [-0.2, 0) is 5.41 Å². The minimum atomic E-state index is -0.880. The molecule has 0 radical (unpaired) electrons. The Hall–Kier alpha value is -2.93. The highest BCUT2D eigenvalue weighted by Crippen LogP contribution is 2.24. The first-order chi connectivity index (χ1) is 12.7. The van der Waals surface area contributed by atoms with Gasteiger partial charge >= 0.3 is 0 Å². The highest BCUT2D eigenvalue weighted by molar-refractivity contribution is 5.94. The van der Waals surface area contributed by atoms with Gasteiger partial charge in [-0.1, -0.05) is 32.9 Å². The first-order valence-electron chi connectivity index (χ1n) is 8.61. The van der Waals surface area contributed by atoms with Gasteiger partial charge in [-0.15, -0.1) is 0 Å². The van der Waals surface area contributed by atoms with E-state index in [4.69, 9.17) is 4.74 Å². The van der Waals surface area contributed by atoms with Gasteiger partial charge in [0.15, 0.2) is 0 Å². The third kappa shape index (κ3) is 6.07. The van der Waals surface area contributed by atoms with Gasteiger partial charge in [0.2, 0.25) is 0 Å². The van der Waals surface area contributed by atoms with E-state index in [1.807, 2.05) is 24.3 Å². The predicted molar refractivity (Wildman–Crippen MR) is 102 cm³/mol. The lowest BCUT2D eigenvalue weighted by Gasteiger charge is -2.19. The van der Waals surface area contributed by atoms with Gasteiger partial charge in [-0.3, -0.25) is 14.9 Å². The molecule has 0 bridgehead atoms. The maximum Gasteiger partial charge on any atom is 0.269 e. The average Bonchev–Trinajstić information content (AvgIpc) is 2.64. The Morgan fingerprint density at radius 3 is 2.26 bits per heavy atom. The molecule has 2 N–H and O–H groups in total. The van der Waals surface area contributed by atoms with E-state index in [-0.39, 0.29) is 29.8 Å². The van der Waals surface area contributed by atoms with Crippen LogP contribution in [-0.4, -0.2) is 35.2 Å². The van der Waals surface area contributed by atoms with Crippen LogP contribution in [0, 0.1) is 10.1 Å². The minimum absolute atomic E-state index is 0.00982. The third-order valence-corrected chi connectivity index (χ3v) is 4.00. The second kappa shape index (κ2) is 8.64. The Balaban J connectivity index is 1.79. The molecule has 0 spiro atoms. The van der Waals surface area contributed by atoms with E-state index in [1.54, 1.807) is 0 Å². The number of hydrogen-bond donors (Lipinski definition) is 2. The van der Waals surface area contributed by atoms with Gasteiger partial charge in [0.05, 0.1) is 4.92 Å². The van der Waals surface area contributed by atoms with E-state index in [0.717, 1.165) is 0 Å². The van der Waals surface area contributed by atoms with Crippen molar-refractivity contribution in [1.29, 1.82) is 0 Å². The molecule has 0 aliphatic rings. The van der Waals surface area contributed by atoms with Crippen LogP contribution in [0.2, 0.25) is 0 Å². The number of carbonyl (C=O) groups is 1. The molecular weight excluding hydrogens is 348 g/mol. The van der Waals surface area contributed by atoms with Crippen LogP contribution in [0.25, 0.3) is 0 Å². The normalized spacial score (nSPS) is 12.3. The quantitative estimate of drug-likeness (QED) is 0.574. The minimum Gasteiger partial charge on any atom is -0.491 e.